The molecule has 0 saturated heterocycles. The van der Waals surface area contributed by atoms with Crippen LogP contribution in [0.3, 0.4) is 0 Å². The molecular formula is C21H22BN2O2S. The SMILES string of the molecule is C[B]c1cc([C@H](c2ccccc2)C(C)(C)C(=O)Nc2nccs2)ccc1O. The summed E-state index contributed by atoms with van der Waals surface area (Å²) in [4.78, 5) is 17.3. The van der Waals surface area contributed by atoms with Gasteiger partial charge in [0.15, 0.2) is 12.4 Å². The minimum absolute atomic E-state index is 0.0959. The third-order valence-electron chi connectivity index (χ3n) is 4.79. The number of phenolic OH excluding ortho intramolecular Hbond substituents is 1. The molecule has 0 spiro atoms. The Labute approximate surface area is 164 Å². The number of carbonyl (C=O) groups excluding carboxylic acids is 1. The molecule has 0 fully saturated rings. The minimum Gasteiger partial charge on any atom is -0.509 e. The van der Waals surface area contributed by atoms with Gasteiger partial charge in [-0.1, -0.05) is 63.1 Å². The molecule has 0 aliphatic rings. The van der Waals surface area contributed by atoms with Gasteiger partial charge in [0, 0.05) is 17.5 Å². The van der Waals surface area contributed by atoms with Crippen LogP contribution in [0.25, 0.3) is 0 Å². The van der Waals surface area contributed by atoms with Crippen LogP contribution in [0.5, 0.6) is 5.75 Å². The van der Waals surface area contributed by atoms with E-state index < -0.39 is 5.41 Å². The summed E-state index contributed by atoms with van der Waals surface area (Å²) in [7, 11) is 1.86. The summed E-state index contributed by atoms with van der Waals surface area (Å²) in [6.45, 7) is 5.77. The largest absolute Gasteiger partial charge is 0.509 e. The first-order valence-corrected chi connectivity index (χ1v) is 9.69. The molecule has 1 radical (unpaired) electrons. The maximum atomic E-state index is 13.1. The zero-order valence-electron chi connectivity index (χ0n) is 15.6. The Morgan fingerprint density at radius 3 is 2.56 bits per heavy atom. The van der Waals surface area contributed by atoms with Gasteiger partial charge in [-0.2, -0.15) is 0 Å². The number of hydrogen-bond acceptors (Lipinski definition) is 4. The molecule has 3 rings (SSSR count). The number of phenols is 1. The van der Waals surface area contributed by atoms with Crippen molar-refractivity contribution in [3.05, 3.63) is 71.2 Å². The predicted octanol–water partition coefficient (Wildman–Crippen LogP) is 4.02. The van der Waals surface area contributed by atoms with E-state index in [1.54, 1.807) is 12.3 Å². The predicted molar refractivity (Wildman–Crippen MR) is 112 cm³/mol. The van der Waals surface area contributed by atoms with Gasteiger partial charge in [-0.3, -0.25) is 4.79 Å². The van der Waals surface area contributed by atoms with Crippen LogP contribution < -0.4 is 10.8 Å². The highest BCUT2D eigenvalue weighted by molar-refractivity contribution is 7.13. The number of aromatic nitrogens is 1. The number of thiazole rings is 1. The molecule has 0 saturated carbocycles. The molecule has 6 heteroatoms. The molecule has 2 N–H and O–H groups in total. The molecule has 137 valence electrons. The van der Waals surface area contributed by atoms with Gasteiger partial charge < -0.3 is 10.4 Å². The highest BCUT2D eigenvalue weighted by Crippen LogP contribution is 2.42. The third-order valence-corrected chi connectivity index (χ3v) is 5.48. The average molecular weight is 377 g/mol. The van der Waals surface area contributed by atoms with Crippen molar-refractivity contribution < 1.29 is 9.90 Å². The quantitative estimate of drug-likeness (QED) is 0.638. The highest BCUT2D eigenvalue weighted by atomic mass is 32.1. The Hall–Kier alpha value is -2.60. The Bertz CT molecular complexity index is 911. The number of nitrogens with zero attached hydrogens (tertiary/aromatic N) is 1. The number of amides is 1. The first-order valence-electron chi connectivity index (χ1n) is 8.81. The fourth-order valence-electron chi connectivity index (χ4n) is 3.33. The van der Waals surface area contributed by atoms with Gasteiger partial charge in [-0.15, -0.1) is 11.3 Å². The number of rotatable bonds is 6. The van der Waals surface area contributed by atoms with Gasteiger partial charge >= 0.3 is 0 Å². The van der Waals surface area contributed by atoms with E-state index in [-0.39, 0.29) is 17.6 Å². The lowest BCUT2D eigenvalue weighted by molar-refractivity contribution is -0.124. The Morgan fingerprint density at radius 1 is 1.19 bits per heavy atom. The number of benzene rings is 2. The summed E-state index contributed by atoms with van der Waals surface area (Å²) < 4.78 is 0. The second-order valence-corrected chi connectivity index (χ2v) is 7.86. The van der Waals surface area contributed by atoms with Crippen molar-refractivity contribution in [2.75, 3.05) is 5.32 Å². The molecule has 1 atom stereocenters. The molecule has 1 heterocycles. The molecule has 0 unspecified atom stereocenters. The first-order chi connectivity index (χ1) is 12.9. The van der Waals surface area contributed by atoms with Gasteiger partial charge in [0.2, 0.25) is 5.91 Å². The average Bonchev–Trinajstić information content (AvgIpc) is 3.17. The van der Waals surface area contributed by atoms with E-state index in [9.17, 15) is 9.90 Å². The lowest BCUT2D eigenvalue weighted by atomic mass is 9.67. The topological polar surface area (TPSA) is 62.2 Å². The van der Waals surface area contributed by atoms with E-state index in [1.165, 1.54) is 11.3 Å². The van der Waals surface area contributed by atoms with Crippen LogP contribution in [0.1, 0.15) is 30.9 Å². The van der Waals surface area contributed by atoms with Crippen molar-refractivity contribution in [1.29, 1.82) is 0 Å². The van der Waals surface area contributed by atoms with Gasteiger partial charge in [-0.25, -0.2) is 4.98 Å². The summed E-state index contributed by atoms with van der Waals surface area (Å²) in [5.74, 6) is -0.0440. The van der Waals surface area contributed by atoms with Crippen LogP contribution in [0.4, 0.5) is 5.13 Å². The van der Waals surface area contributed by atoms with E-state index in [0.29, 0.717) is 5.13 Å². The second kappa shape index (κ2) is 7.97. The van der Waals surface area contributed by atoms with Crippen LogP contribution >= 0.6 is 11.3 Å². The van der Waals surface area contributed by atoms with Crippen LogP contribution in [0, 0.1) is 5.41 Å². The Kier molecular flexibility index (Phi) is 5.66. The van der Waals surface area contributed by atoms with Gasteiger partial charge in [0.05, 0.1) is 5.41 Å². The summed E-state index contributed by atoms with van der Waals surface area (Å²) in [6.07, 6.45) is 1.67. The van der Waals surface area contributed by atoms with Crippen molar-refractivity contribution >= 4 is 35.1 Å². The van der Waals surface area contributed by atoms with Gasteiger partial charge in [0.1, 0.15) is 5.75 Å². The Morgan fingerprint density at radius 2 is 1.93 bits per heavy atom. The maximum Gasteiger partial charge on any atom is 0.232 e. The van der Waals surface area contributed by atoms with E-state index >= 15 is 0 Å². The smallest absolute Gasteiger partial charge is 0.232 e. The molecule has 1 amide bonds. The highest BCUT2D eigenvalue weighted by Gasteiger charge is 2.39. The number of nitrogens with one attached hydrogen (secondary N) is 1. The van der Waals surface area contributed by atoms with Gasteiger partial charge in [0.25, 0.3) is 0 Å². The molecule has 1 aromatic heterocycles. The molecular weight excluding hydrogens is 355 g/mol. The lowest BCUT2D eigenvalue weighted by Gasteiger charge is -2.34. The fraction of sp³-hybridized carbons (Fsp3) is 0.238. The lowest BCUT2D eigenvalue weighted by Crippen LogP contribution is -2.37. The zero-order chi connectivity index (χ0) is 19.4. The van der Waals surface area contributed by atoms with Crippen molar-refractivity contribution in [3.8, 4) is 5.75 Å². The summed E-state index contributed by atoms with van der Waals surface area (Å²) in [5, 5.41) is 15.4. The van der Waals surface area contributed by atoms with Crippen molar-refractivity contribution in [1.82, 2.24) is 4.98 Å². The molecule has 0 aliphatic carbocycles. The first kappa shape index (κ1) is 19.2. The zero-order valence-corrected chi connectivity index (χ0v) is 16.5. The maximum absolute atomic E-state index is 13.1. The standard InChI is InChI=1S/C21H22BN2O2S/c1-21(2,19(26)24-20-23-11-12-27-20)18(14-7-5-4-6-8-14)15-9-10-17(25)16(13-15)22-3/h4-13,18,25H,1-3H3,(H,23,24,26)/t18-/m0/s1. The van der Waals surface area contributed by atoms with Crippen LogP contribution in [0.2, 0.25) is 6.82 Å². The molecule has 0 aliphatic heterocycles. The Balaban J connectivity index is 2.05. The molecule has 27 heavy (non-hydrogen) atoms. The van der Waals surface area contributed by atoms with Crippen LogP contribution in [0.15, 0.2) is 60.1 Å². The second-order valence-electron chi connectivity index (χ2n) is 6.96. The van der Waals surface area contributed by atoms with Crippen LogP contribution in [-0.2, 0) is 4.79 Å². The molecule has 3 aromatic rings. The fourth-order valence-corrected chi connectivity index (χ4v) is 3.85. The normalized spacial score (nSPS) is 12.4. The number of aromatic hydroxyl groups is 1. The van der Waals surface area contributed by atoms with Gasteiger partial charge in [-0.05, 0) is 22.7 Å². The molecule has 2 aromatic carbocycles. The van der Waals surface area contributed by atoms with E-state index in [4.69, 9.17) is 0 Å². The molecule has 0 bridgehead atoms. The van der Waals surface area contributed by atoms with Crippen molar-refractivity contribution in [2.24, 2.45) is 5.41 Å². The summed E-state index contributed by atoms with van der Waals surface area (Å²) in [6, 6.07) is 15.5. The third kappa shape index (κ3) is 4.06. The van der Waals surface area contributed by atoms with E-state index in [1.807, 2.05) is 75.8 Å². The molecule has 4 nitrogen and oxygen atoms in total. The van der Waals surface area contributed by atoms with Crippen LogP contribution in [-0.4, -0.2) is 23.3 Å². The minimum atomic E-state index is -0.741. The summed E-state index contributed by atoms with van der Waals surface area (Å²) in [5.41, 5.74) is 2.04. The summed E-state index contributed by atoms with van der Waals surface area (Å²) >= 11 is 1.40. The number of carbonyl (C=O) groups is 1. The van der Waals surface area contributed by atoms with E-state index in [2.05, 4.69) is 10.3 Å². The van der Waals surface area contributed by atoms with Crippen molar-refractivity contribution in [2.45, 2.75) is 26.6 Å². The number of hydrogen-bond donors (Lipinski definition) is 2. The van der Waals surface area contributed by atoms with Crippen molar-refractivity contribution in [3.63, 3.8) is 0 Å². The monoisotopic (exact) mass is 377 g/mol. The number of anilines is 1. The van der Waals surface area contributed by atoms with E-state index in [0.717, 1.165) is 16.6 Å².